The first-order chi connectivity index (χ1) is 14.1. The van der Waals surface area contributed by atoms with Gasteiger partial charge >= 0.3 is 0 Å². The van der Waals surface area contributed by atoms with Crippen LogP contribution in [0.15, 0.2) is 62.8 Å². The highest BCUT2D eigenvalue weighted by Crippen LogP contribution is 2.22. The van der Waals surface area contributed by atoms with Crippen molar-refractivity contribution in [3.63, 3.8) is 0 Å². The molecule has 1 unspecified atom stereocenters. The molecule has 1 aliphatic rings. The number of carbonyl (C=O) groups is 1. The van der Waals surface area contributed by atoms with Crippen molar-refractivity contribution >= 4 is 45.9 Å². The quantitative estimate of drug-likeness (QED) is 0.584. The van der Waals surface area contributed by atoms with Crippen molar-refractivity contribution in [1.29, 1.82) is 0 Å². The van der Waals surface area contributed by atoms with E-state index in [2.05, 4.69) is 10.3 Å². The van der Waals surface area contributed by atoms with Crippen molar-refractivity contribution in [3.05, 3.63) is 64.7 Å². The fourth-order valence-electron chi connectivity index (χ4n) is 3.25. The van der Waals surface area contributed by atoms with E-state index in [-0.39, 0.29) is 17.6 Å². The summed E-state index contributed by atoms with van der Waals surface area (Å²) in [5, 5.41) is 4.27. The lowest BCUT2D eigenvalue weighted by Gasteiger charge is -2.11. The fraction of sp³-hybridized carbons (Fsp3) is 0.273. The first-order valence-corrected chi connectivity index (χ1v) is 11.0. The molecule has 0 saturated carbocycles. The number of fused-ring (bicyclic) bond motifs is 1. The molecule has 3 aromatic rings. The molecule has 29 heavy (non-hydrogen) atoms. The molecular weight excluding hydrogens is 408 g/mol. The summed E-state index contributed by atoms with van der Waals surface area (Å²) in [4.78, 5) is 18.6. The van der Waals surface area contributed by atoms with Crippen molar-refractivity contribution in [2.45, 2.75) is 23.8 Å². The Morgan fingerprint density at radius 2 is 2.17 bits per heavy atom. The van der Waals surface area contributed by atoms with E-state index in [9.17, 15) is 4.79 Å². The van der Waals surface area contributed by atoms with Crippen molar-refractivity contribution in [2.24, 2.45) is 4.99 Å². The Balaban J connectivity index is 1.75. The lowest BCUT2D eigenvalue weighted by molar-refractivity contribution is 0.0854. The van der Waals surface area contributed by atoms with Crippen LogP contribution in [0.2, 0.25) is 5.02 Å². The third-order valence-corrected chi connectivity index (χ3v) is 5.71. The van der Waals surface area contributed by atoms with Gasteiger partial charge in [0.25, 0.3) is 5.91 Å². The molecule has 5 nitrogen and oxygen atoms in total. The van der Waals surface area contributed by atoms with E-state index in [1.165, 1.54) is 0 Å². The van der Waals surface area contributed by atoms with Crippen LogP contribution in [0, 0.1) is 0 Å². The van der Waals surface area contributed by atoms with E-state index >= 15 is 0 Å². The Kier molecular flexibility index (Phi) is 6.23. The standard InChI is InChI=1S/C22H21ClN2O3S/c1-29-18-6-2-4-16(12-18)25-22-19(21(26)24-13-17-5-3-9-27-17)11-14-10-15(23)7-8-20(14)28-22/h2,4,6-8,10-12,17H,3,5,9,13H2,1H3,(H,24,26). The average Bonchev–Trinajstić information content (AvgIpc) is 3.25. The second-order valence-corrected chi connectivity index (χ2v) is 8.12. The summed E-state index contributed by atoms with van der Waals surface area (Å²) >= 11 is 7.75. The van der Waals surface area contributed by atoms with Crippen LogP contribution in [0.3, 0.4) is 0 Å². The molecule has 4 rings (SSSR count). The van der Waals surface area contributed by atoms with Gasteiger partial charge in [-0.2, -0.15) is 0 Å². The molecule has 7 heteroatoms. The predicted molar refractivity (Wildman–Crippen MR) is 116 cm³/mol. The number of nitrogens with zero attached hydrogens (tertiary/aromatic N) is 1. The number of thioether (sulfide) groups is 1. The molecule has 1 aromatic heterocycles. The zero-order valence-corrected chi connectivity index (χ0v) is 17.6. The monoisotopic (exact) mass is 428 g/mol. The number of ether oxygens (including phenoxy) is 1. The minimum absolute atomic E-state index is 0.0597. The summed E-state index contributed by atoms with van der Waals surface area (Å²) in [6.07, 6.45) is 4.05. The maximum absolute atomic E-state index is 12.9. The molecule has 1 N–H and O–H groups in total. The summed E-state index contributed by atoms with van der Waals surface area (Å²) in [6.45, 7) is 1.21. The van der Waals surface area contributed by atoms with Crippen LogP contribution in [0.4, 0.5) is 5.69 Å². The van der Waals surface area contributed by atoms with Crippen LogP contribution in [-0.2, 0) is 4.74 Å². The molecule has 2 heterocycles. The number of benzene rings is 2. The molecule has 1 aliphatic heterocycles. The number of amides is 1. The highest BCUT2D eigenvalue weighted by atomic mass is 35.5. The maximum Gasteiger partial charge on any atom is 0.256 e. The molecule has 1 saturated heterocycles. The summed E-state index contributed by atoms with van der Waals surface area (Å²) in [7, 11) is 0. The summed E-state index contributed by atoms with van der Waals surface area (Å²) < 4.78 is 11.6. The first-order valence-electron chi connectivity index (χ1n) is 9.44. The van der Waals surface area contributed by atoms with Crippen LogP contribution in [-0.4, -0.2) is 31.4 Å². The van der Waals surface area contributed by atoms with Crippen LogP contribution in [0.5, 0.6) is 0 Å². The topological polar surface area (TPSA) is 63.8 Å². The molecule has 1 amide bonds. The van der Waals surface area contributed by atoms with Crippen molar-refractivity contribution in [2.75, 3.05) is 19.4 Å². The van der Waals surface area contributed by atoms with Crippen LogP contribution >= 0.6 is 23.4 Å². The van der Waals surface area contributed by atoms with Gasteiger partial charge in [0.15, 0.2) is 0 Å². The maximum atomic E-state index is 12.9. The van der Waals surface area contributed by atoms with Gasteiger partial charge in [0.2, 0.25) is 5.55 Å². The molecule has 0 spiro atoms. The zero-order valence-electron chi connectivity index (χ0n) is 16.0. The van der Waals surface area contributed by atoms with Gasteiger partial charge in [-0.1, -0.05) is 17.7 Å². The second kappa shape index (κ2) is 9.03. The van der Waals surface area contributed by atoms with E-state index in [0.717, 1.165) is 35.4 Å². The third-order valence-electron chi connectivity index (χ3n) is 4.75. The molecule has 2 aromatic carbocycles. The summed E-state index contributed by atoms with van der Waals surface area (Å²) in [6, 6.07) is 14.9. The van der Waals surface area contributed by atoms with Gasteiger partial charge < -0.3 is 14.5 Å². The number of halogens is 1. The number of hydrogen-bond acceptors (Lipinski definition) is 5. The molecule has 1 fully saturated rings. The van der Waals surface area contributed by atoms with E-state index in [1.54, 1.807) is 36.0 Å². The number of carbonyl (C=O) groups excluding carboxylic acids is 1. The number of hydrogen-bond donors (Lipinski definition) is 1. The summed E-state index contributed by atoms with van der Waals surface area (Å²) in [5.41, 5.74) is 1.97. The Hall–Kier alpha value is -2.28. The molecule has 0 aliphatic carbocycles. The molecule has 1 atom stereocenters. The minimum Gasteiger partial charge on any atom is -0.438 e. The van der Waals surface area contributed by atoms with Gasteiger partial charge in [0.05, 0.1) is 11.8 Å². The Labute approximate surface area is 178 Å². The minimum atomic E-state index is -0.245. The lowest BCUT2D eigenvalue weighted by Crippen LogP contribution is -2.34. The van der Waals surface area contributed by atoms with Crippen LogP contribution in [0.1, 0.15) is 23.2 Å². The number of rotatable bonds is 5. The van der Waals surface area contributed by atoms with Crippen molar-refractivity contribution in [1.82, 2.24) is 5.32 Å². The van der Waals surface area contributed by atoms with E-state index in [4.69, 9.17) is 20.8 Å². The van der Waals surface area contributed by atoms with Crippen molar-refractivity contribution in [3.8, 4) is 0 Å². The molecule has 0 bridgehead atoms. The largest absolute Gasteiger partial charge is 0.438 e. The van der Waals surface area contributed by atoms with E-state index in [0.29, 0.717) is 22.7 Å². The first kappa shape index (κ1) is 20.0. The van der Waals surface area contributed by atoms with E-state index < -0.39 is 0 Å². The van der Waals surface area contributed by atoms with Gasteiger partial charge in [-0.25, -0.2) is 4.99 Å². The average molecular weight is 429 g/mol. The Morgan fingerprint density at radius 3 is 2.97 bits per heavy atom. The SMILES string of the molecule is CSc1cccc(N=c2oc3ccc(Cl)cc3cc2C(=O)NCC2CCCO2)c1. The normalized spacial score (nSPS) is 17.0. The predicted octanol–water partition coefficient (Wildman–Crippen LogP) is 4.95. The Bertz CT molecular complexity index is 1110. The lowest BCUT2D eigenvalue weighted by atomic mass is 10.1. The summed E-state index contributed by atoms with van der Waals surface area (Å²) in [5.74, 6) is -0.245. The molecular formula is C22H21ClN2O3S. The fourth-order valence-corrected chi connectivity index (χ4v) is 3.89. The van der Waals surface area contributed by atoms with Crippen LogP contribution in [0.25, 0.3) is 11.0 Å². The van der Waals surface area contributed by atoms with Gasteiger partial charge in [0, 0.05) is 28.5 Å². The highest BCUT2D eigenvalue weighted by molar-refractivity contribution is 7.98. The molecule has 150 valence electrons. The number of nitrogens with one attached hydrogen (secondary N) is 1. The van der Waals surface area contributed by atoms with Gasteiger partial charge in [-0.05, 0) is 61.6 Å². The highest BCUT2D eigenvalue weighted by Gasteiger charge is 2.18. The van der Waals surface area contributed by atoms with Gasteiger partial charge in [0.1, 0.15) is 11.1 Å². The van der Waals surface area contributed by atoms with Gasteiger partial charge in [-0.3, -0.25) is 4.79 Å². The smallest absolute Gasteiger partial charge is 0.256 e. The molecule has 0 radical (unpaired) electrons. The third kappa shape index (κ3) is 4.83. The van der Waals surface area contributed by atoms with Crippen LogP contribution < -0.4 is 10.9 Å². The van der Waals surface area contributed by atoms with E-state index in [1.807, 2.05) is 30.5 Å². The van der Waals surface area contributed by atoms with Gasteiger partial charge in [-0.15, -0.1) is 11.8 Å². The Morgan fingerprint density at radius 1 is 1.28 bits per heavy atom. The van der Waals surface area contributed by atoms with Crippen molar-refractivity contribution < 1.29 is 13.9 Å². The zero-order chi connectivity index (χ0) is 20.2. The second-order valence-electron chi connectivity index (χ2n) is 6.81.